The number of nitrogens with two attached hydrogens (primary N) is 1. The Labute approximate surface area is 129 Å². The summed E-state index contributed by atoms with van der Waals surface area (Å²) in [6.07, 6.45) is 0.350. The number of hydrogen-bond donors (Lipinski definition) is 2. The van der Waals surface area contributed by atoms with E-state index in [4.69, 9.17) is 5.73 Å². The Balaban J connectivity index is 2.82. The zero-order valence-electron chi connectivity index (χ0n) is 14.2. The Hall–Kier alpha value is -1.35. The van der Waals surface area contributed by atoms with Crippen molar-refractivity contribution in [3.63, 3.8) is 0 Å². The zero-order chi connectivity index (χ0) is 16.3. The second-order valence-electron chi connectivity index (χ2n) is 7.95. The van der Waals surface area contributed by atoms with Crippen LogP contribution in [0.4, 0.5) is 0 Å². The smallest absolute Gasteiger partial charge is 0.222 e. The molecule has 0 heterocycles. The van der Waals surface area contributed by atoms with Gasteiger partial charge in [0, 0.05) is 12.5 Å². The monoisotopic (exact) mass is 290 g/mol. The summed E-state index contributed by atoms with van der Waals surface area (Å²) in [7, 11) is 0. The molecule has 0 aliphatic carbocycles. The maximum atomic E-state index is 12.3. The maximum Gasteiger partial charge on any atom is 0.222 e. The minimum Gasteiger partial charge on any atom is -0.349 e. The fourth-order valence-corrected chi connectivity index (χ4v) is 2.17. The highest BCUT2D eigenvalue weighted by molar-refractivity contribution is 5.77. The van der Waals surface area contributed by atoms with Crippen molar-refractivity contribution in [2.75, 3.05) is 0 Å². The lowest BCUT2D eigenvalue weighted by Crippen LogP contribution is -2.43. The highest BCUT2D eigenvalue weighted by atomic mass is 16.1. The molecule has 1 amide bonds. The molecule has 1 aromatic carbocycles. The molecule has 0 aliphatic heterocycles. The van der Waals surface area contributed by atoms with Crippen LogP contribution < -0.4 is 11.1 Å². The van der Waals surface area contributed by atoms with Crippen molar-refractivity contribution in [3.8, 4) is 0 Å². The predicted molar refractivity (Wildman–Crippen MR) is 88.8 cm³/mol. The number of carbonyl (C=O) groups is 1. The van der Waals surface area contributed by atoms with Gasteiger partial charge in [-0.2, -0.15) is 0 Å². The van der Waals surface area contributed by atoms with Crippen LogP contribution in [0.3, 0.4) is 0 Å². The van der Waals surface area contributed by atoms with Crippen LogP contribution in [0.25, 0.3) is 0 Å². The summed E-state index contributed by atoms with van der Waals surface area (Å²) < 4.78 is 0. The molecule has 0 aromatic heterocycles. The van der Waals surface area contributed by atoms with E-state index >= 15 is 0 Å². The van der Waals surface area contributed by atoms with E-state index in [1.165, 1.54) is 0 Å². The fourth-order valence-electron chi connectivity index (χ4n) is 2.17. The van der Waals surface area contributed by atoms with Gasteiger partial charge < -0.3 is 11.1 Å². The summed E-state index contributed by atoms with van der Waals surface area (Å²) in [5, 5.41) is 3.16. The van der Waals surface area contributed by atoms with Gasteiger partial charge in [0.2, 0.25) is 5.91 Å². The van der Waals surface area contributed by atoms with Crippen molar-refractivity contribution in [2.45, 2.75) is 60.0 Å². The molecule has 3 nitrogen and oxygen atoms in total. The molecule has 0 fully saturated rings. The van der Waals surface area contributed by atoms with Crippen LogP contribution >= 0.6 is 0 Å². The van der Waals surface area contributed by atoms with Gasteiger partial charge in [-0.3, -0.25) is 4.79 Å². The van der Waals surface area contributed by atoms with Crippen molar-refractivity contribution in [2.24, 2.45) is 16.6 Å². The Morgan fingerprint density at radius 3 is 2.00 bits per heavy atom. The Bertz CT molecular complexity index is 454. The summed E-state index contributed by atoms with van der Waals surface area (Å²) in [6, 6.07) is 9.94. The molecular formula is C18H30N2O. The molecule has 2 unspecified atom stereocenters. The number of carbonyl (C=O) groups excluding carboxylic acids is 1. The van der Waals surface area contributed by atoms with Crippen molar-refractivity contribution in [3.05, 3.63) is 35.9 Å². The minimum absolute atomic E-state index is 0.0150. The standard InChI is InChI=1S/C18H30N2O/c1-17(2,3)14(19)12-15(21)20-16(18(4,5)6)13-10-8-7-9-11-13/h7-11,14,16H,12,19H2,1-6H3,(H,20,21). The van der Waals surface area contributed by atoms with Gasteiger partial charge in [0.05, 0.1) is 6.04 Å². The lowest BCUT2D eigenvalue weighted by Gasteiger charge is -2.33. The third-order valence-electron chi connectivity index (χ3n) is 3.82. The van der Waals surface area contributed by atoms with E-state index < -0.39 is 0 Å². The summed E-state index contributed by atoms with van der Waals surface area (Å²) >= 11 is 0. The average molecular weight is 290 g/mol. The average Bonchev–Trinajstić information content (AvgIpc) is 2.34. The SMILES string of the molecule is CC(C)(C)C(N)CC(=O)NC(c1ccccc1)C(C)(C)C. The van der Waals surface area contributed by atoms with E-state index in [0.717, 1.165) is 5.56 Å². The van der Waals surface area contributed by atoms with E-state index in [1.54, 1.807) is 0 Å². The first-order valence-corrected chi connectivity index (χ1v) is 7.61. The molecule has 21 heavy (non-hydrogen) atoms. The normalized spacial score (nSPS) is 15.4. The van der Waals surface area contributed by atoms with Crippen LogP contribution in [0, 0.1) is 10.8 Å². The van der Waals surface area contributed by atoms with Gasteiger partial charge in [0.25, 0.3) is 0 Å². The third kappa shape index (κ3) is 5.50. The number of hydrogen-bond acceptors (Lipinski definition) is 2. The van der Waals surface area contributed by atoms with E-state index in [2.05, 4.69) is 59.0 Å². The number of nitrogens with one attached hydrogen (secondary N) is 1. The van der Waals surface area contributed by atoms with E-state index in [-0.39, 0.29) is 28.8 Å². The Morgan fingerprint density at radius 1 is 1.05 bits per heavy atom. The largest absolute Gasteiger partial charge is 0.349 e. The molecule has 118 valence electrons. The predicted octanol–water partition coefficient (Wildman–Crippen LogP) is 3.65. The maximum absolute atomic E-state index is 12.3. The van der Waals surface area contributed by atoms with Gasteiger partial charge in [-0.1, -0.05) is 71.9 Å². The number of rotatable bonds is 4. The molecule has 0 saturated carbocycles. The summed E-state index contributed by atoms with van der Waals surface area (Å²) in [6.45, 7) is 12.6. The Kier molecular flexibility index (Phi) is 5.57. The van der Waals surface area contributed by atoms with E-state index in [1.807, 2.05) is 18.2 Å². The second kappa shape index (κ2) is 6.61. The summed E-state index contributed by atoms with van der Waals surface area (Å²) in [5.74, 6) is 0.0150. The molecule has 0 spiro atoms. The highest BCUT2D eigenvalue weighted by Gasteiger charge is 2.29. The molecule has 0 aliphatic rings. The molecule has 3 N–H and O–H groups in total. The zero-order valence-corrected chi connectivity index (χ0v) is 14.2. The van der Waals surface area contributed by atoms with Gasteiger partial charge >= 0.3 is 0 Å². The van der Waals surface area contributed by atoms with E-state index in [0.29, 0.717) is 6.42 Å². The number of amides is 1. The van der Waals surface area contributed by atoms with Crippen molar-refractivity contribution < 1.29 is 4.79 Å². The van der Waals surface area contributed by atoms with Crippen molar-refractivity contribution in [1.82, 2.24) is 5.32 Å². The van der Waals surface area contributed by atoms with Crippen LogP contribution in [-0.2, 0) is 4.79 Å². The van der Waals surface area contributed by atoms with Crippen molar-refractivity contribution >= 4 is 5.91 Å². The quantitative estimate of drug-likeness (QED) is 0.889. The van der Waals surface area contributed by atoms with Crippen molar-refractivity contribution in [1.29, 1.82) is 0 Å². The first-order chi connectivity index (χ1) is 9.51. The fraction of sp³-hybridized carbons (Fsp3) is 0.611. The molecule has 0 bridgehead atoms. The summed E-state index contributed by atoms with van der Waals surface area (Å²) in [5.41, 5.74) is 7.12. The summed E-state index contributed by atoms with van der Waals surface area (Å²) in [4.78, 5) is 12.3. The topological polar surface area (TPSA) is 55.1 Å². The molecule has 2 atom stereocenters. The van der Waals surface area contributed by atoms with Gasteiger partial charge in [-0.05, 0) is 16.4 Å². The minimum atomic E-state index is -0.145. The van der Waals surface area contributed by atoms with Crippen LogP contribution in [0.15, 0.2) is 30.3 Å². The van der Waals surface area contributed by atoms with Gasteiger partial charge in [0.15, 0.2) is 0 Å². The Morgan fingerprint density at radius 2 is 1.57 bits per heavy atom. The van der Waals surface area contributed by atoms with Crippen LogP contribution in [0.1, 0.15) is 59.6 Å². The lowest BCUT2D eigenvalue weighted by atomic mass is 9.81. The van der Waals surface area contributed by atoms with Gasteiger partial charge in [0.1, 0.15) is 0 Å². The first-order valence-electron chi connectivity index (χ1n) is 7.61. The lowest BCUT2D eigenvalue weighted by molar-refractivity contribution is -0.123. The van der Waals surface area contributed by atoms with E-state index in [9.17, 15) is 4.79 Å². The van der Waals surface area contributed by atoms with Crippen LogP contribution in [-0.4, -0.2) is 11.9 Å². The van der Waals surface area contributed by atoms with Gasteiger partial charge in [-0.25, -0.2) is 0 Å². The molecule has 1 aromatic rings. The first kappa shape index (κ1) is 17.7. The third-order valence-corrected chi connectivity index (χ3v) is 3.82. The highest BCUT2D eigenvalue weighted by Crippen LogP contribution is 2.32. The molecule has 0 radical (unpaired) electrons. The van der Waals surface area contributed by atoms with Crippen LogP contribution in [0.2, 0.25) is 0 Å². The molecule has 3 heteroatoms. The molecule has 1 rings (SSSR count). The second-order valence-corrected chi connectivity index (χ2v) is 7.95. The molecule has 0 saturated heterocycles. The van der Waals surface area contributed by atoms with Crippen LogP contribution in [0.5, 0.6) is 0 Å². The number of benzene rings is 1. The van der Waals surface area contributed by atoms with Gasteiger partial charge in [-0.15, -0.1) is 0 Å². The molecular weight excluding hydrogens is 260 g/mol.